The molecule has 2 N–H and O–H groups in total. The van der Waals surface area contributed by atoms with Gasteiger partial charge in [0.15, 0.2) is 5.65 Å². The number of nitrogens with zero attached hydrogens (tertiary/aromatic N) is 6. The molecule has 1 aromatic carbocycles. The van der Waals surface area contributed by atoms with E-state index in [9.17, 15) is 4.79 Å². The van der Waals surface area contributed by atoms with Gasteiger partial charge in [0.1, 0.15) is 5.39 Å². The highest BCUT2D eigenvalue weighted by Crippen LogP contribution is 2.15. The Bertz CT molecular complexity index is 1100. The Balaban J connectivity index is 1.64. The molecule has 0 bridgehead atoms. The molecule has 26 heavy (non-hydrogen) atoms. The zero-order valence-electron chi connectivity index (χ0n) is 14.2. The van der Waals surface area contributed by atoms with Gasteiger partial charge in [0.05, 0.1) is 18.4 Å². The van der Waals surface area contributed by atoms with Crippen molar-refractivity contribution in [2.45, 2.75) is 6.54 Å². The van der Waals surface area contributed by atoms with Crippen LogP contribution >= 0.6 is 0 Å². The van der Waals surface area contributed by atoms with Crippen molar-refractivity contribution in [3.05, 3.63) is 52.8 Å². The Morgan fingerprint density at radius 3 is 2.77 bits per heavy atom. The fraction of sp³-hybridized carbons (Fsp3) is 0.188. The summed E-state index contributed by atoms with van der Waals surface area (Å²) in [6.07, 6.45) is 1.50. The maximum absolute atomic E-state index is 12.3. The van der Waals surface area contributed by atoms with Crippen LogP contribution < -0.4 is 15.8 Å². The number of para-hydroxylation sites is 1. The number of anilines is 2. The molecule has 0 saturated carbocycles. The summed E-state index contributed by atoms with van der Waals surface area (Å²) in [5.74, 6) is 1.15. The first-order valence-electron chi connectivity index (χ1n) is 7.89. The van der Waals surface area contributed by atoms with Gasteiger partial charge in [0, 0.05) is 14.1 Å². The smallest absolute Gasteiger partial charge is 0.265 e. The molecule has 0 aliphatic carbocycles. The van der Waals surface area contributed by atoms with Crippen molar-refractivity contribution in [1.82, 2.24) is 29.9 Å². The van der Waals surface area contributed by atoms with Crippen LogP contribution in [0, 0.1) is 0 Å². The van der Waals surface area contributed by atoms with Crippen LogP contribution in [0.15, 0.2) is 45.8 Å². The predicted molar refractivity (Wildman–Crippen MR) is 95.4 cm³/mol. The third-order valence-corrected chi connectivity index (χ3v) is 3.70. The van der Waals surface area contributed by atoms with Gasteiger partial charge in [0.25, 0.3) is 11.5 Å². The third-order valence-electron chi connectivity index (χ3n) is 3.70. The van der Waals surface area contributed by atoms with Gasteiger partial charge >= 0.3 is 0 Å². The van der Waals surface area contributed by atoms with E-state index in [1.165, 1.54) is 6.20 Å². The number of H-pyrrole nitrogens is 1. The molecule has 0 saturated heterocycles. The molecule has 0 radical (unpaired) electrons. The third kappa shape index (κ3) is 2.88. The maximum atomic E-state index is 12.3. The quantitative estimate of drug-likeness (QED) is 0.549. The topological polar surface area (TPSA) is 118 Å². The summed E-state index contributed by atoms with van der Waals surface area (Å²) in [4.78, 5) is 25.4. The van der Waals surface area contributed by atoms with Gasteiger partial charge in [0.2, 0.25) is 11.8 Å². The van der Waals surface area contributed by atoms with Crippen LogP contribution in [0.5, 0.6) is 0 Å². The minimum atomic E-state index is -0.279. The lowest BCUT2D eigenvalue weighted by molar-refractivity contribution is 0.383. The number of aromatic nitrogens is 6. The van der Waals surface area contributed by atoms with E-state index in [0.29, 0.717) is 28.8 Å². The van der Waals surface area contributed by atoms with E-state index < -0.39 is 0 Å². The number of hydrogen-bond acceptors (Lipinski definition) is 8. The van der Waals surface area contributed by atoms with E-state index in [1.54, 1.807) is 9.58 Å². The Morgan fingerprint density at radius 1 is 1.23 bits per heavy atom. The molecule has 0 unspecified atom stereocenters. The fourth-order valence-electron chi connectivity index (χ4n) is 2.42. The highest BCUT2D eigenvalue weighted by atomic mass is 16.5. The number of benzene rings is 1. The first-order chi connectivity index (χ1) is 12.6. The van der Waals surface area contributed by atoms with Crippen molar-refractivity contribution in [2.24, 2.45) is 0 Å². The molecule has 0 spiro atoms. The molecule has 10 heteroatoms. The van der Waals surface area contributed by atoms with Gasteiger partial charge in [-0.2, -0.15) is 15.1 Å². The van der Waals surface area contributed by atoms with E-state index in [1.807, 2.05) is 44.4 Å². The predicted octanol–water partition coefficient (Wildman–Crippen LogP) is 1.17. The minimum Gasteiger partial charge on any atom is -0.347 e. The Hall–Kier alpha value is -3.69. The first-order valence-corrected chi connectivity index (χ1v) is 7.89. The SMILES string of the molecule is CN(C)c1noc(CNc2nc3c(cnn3-c3ccccc3)c(=O)[nH]2)n1. The van der Waals surface area contributed by atoms with Crippen LogP contribution in [0.1, 0.15) is 5.89 Å². The van der Waals surface area contributed by atoms with Gasteiger partial charge in [-0.25, -0.2) is 4.68 Å². The molecule has 0 atom stereocenters. The Kier molecular flexibility index (Phi) is 3.84. The van der Waals surface area contributed by atoms with Gasteiger partial charge < -0.3 is 14.7 Å². The zero-order valence-corrected chi connectivity index (χ0v) is 14.2. The molecule has 132 valence electrons. The fourth-order valence-corrected chi connectivity index (χ4v) is 2.42. The number of hydrogen-bond donors (Lipinski definition) is 2. The van der Waals surface area contributed by atoms with Crippen molar-refractivity contribution >= 4 is 22.9 Å². The lowest BCUT2D eigenvalue weighted by atomic mass is 10.3. The van der Waals surface area contributed by atoms with E-state index in [4.69, 9.17) is 4.52 Å². The summed E-state index contributed by atoms with van der Waals surface area (Å²) < 4.78 is 6.76. The highest BCUT2D eigenvalue weighted by Gasteiger charge is 2.12. The van der Waals surface area contributed by atoms with E-state index >= 15 is 0 Å². The van der Waals surface area contributed by atoms with Crippen LogP contribution in [0.25, 0.3) is 16.7 Å². The molecule has 10 nitrogen and oxygen atoms in total. The summed E-state index contributed by atoms with van der Waals surface area (Å²) >= 11 is 0. The van der Waals surface area contributed by atoms with Gasteiger partial charge in [-0.1, -0.05) is 18.2 Å². The second-order valence-electron chi connectivity index (χ2n) is 5.78. The van der Waals surface area contributed by atoms with Gasteiger partial charge in [-0.3, -0.25) is 9.78 Å². The number of rotatable bonds is 5. The zero-order chi connectivity index (χ0) is 18.1. The van der Waals surface area contributed by atoms with Crippen molar-refractivity contribution in [3.63, 3.8) is 0 Å². The van der Waals surface area contributed by atoms with Gasteiger partial charge in [-0.05, 0) is 17.3 Å². The average molecular weight is 352 g/mol. The normalized spacial score (nSPS) is 11.0. The van der Waals surface area contributed by atoms with Crippen molar-refractivity contribution in [2.75, 3.05) is 24.3 Å². The summed E-state index contributed by atoms with van der Waals surface area (Å²) in [7, 11) is 3.64. The Morgan fingerprint density at radius 2 is 2.04 bits per heavy atom. The standard InChI is InChI=1S/C16H16N8O2/c1-23(2)16-19-12(26-22-16)9-17-15-20-13-11(14(25)21-15)8-18-24(13)10-6-4-3-5-7-10/h3-8H,9H2,1-2H3,(H2,17,20,21,25). The number of fused-ring (bicyclic) bond motifs is 1. The Labute approximate surface area is 147 Å². The lowest BCUT2D eigenvalue weighted by Gasteiger charge is -2.05. The molecule has 4 aromatic rings. The highest BCUT2D eigenvalue weighted by molar-refractivity contribution is 5.76. The molecule has 0 fully saturated rings. The van der Waals surface area contributed by atoms with Crippen LogP contribution in [0.2, 0.25) is 0 Å². The molecule has 0 aliphatic heterocycles. The molecular weight excluding hydrogens is 336 g/mol. The second-order valence-corrected chi connectivity index (χ2v) is 5.78. The summed E-state index contributed by atoms with van der Waals surface area (Å²) in [5, 5.41) is 11.5. The molecule has 0 aliphatic rings. The van der Waals surface area contributed by atoms with E-state index in [-0.39, 0.29) is 12.1 Å². The van der Waals surface area contributed by atoms with Crippen molar-refractivity contribution in [1.29, 1.82) is 0 Å². The summed E-state index contributed by atoms with van der Waals surface area (Å²) in [6.45, 7) is 0.231. The summed E-state index contributed by atoms with van der Waals surface area (Å²) in [5.41, 5.74) is 1.00. The average Bonchev–Trinajstić information content (AvgIpc) is 3.28. The number of nitrogens with one attached hydrogen (secondary N) is 2. The number of aromatic amines is 1. The van der Waals surface area contributed by atoms with E-state index in [0.717, 1.165) is 5.69 Å². The molecule has 3 heterocycles. The summed E-state index contributed by atoms with van der Waals surface area (Å²) in [6, 6.07) is 9.49. The van der Waals surface area contributed by atoms with E-state index in [2.05, 4.69) is 30.5 Å². The first kappa shape index (κ1) is 15.8. The second kappa shape index (κ2) is 6.31. The molecule has 3 aromatic heterocycles. The minimum absolute atomic E-state index is 0.231. The monoisotopic (exact) mass is 352 g/mol. The molecule has 0 amide bonds. The molecule has 4 rings (SSSR count). The lowest BCUT2D eigenvalue weighted by Crippen LogP contribution is -2.14. The molecular formula is C16H16N8O2. The van der Waals surface area contributed by atoms with Crippen LogP contribution in [0.3, 0.4) is 0 Å². The maximum Gasteiger partial charge on any atom is 0.265 e. The van der Waals surface area contributed by atoms with Crippen molar-refractivity contribution in [3.8, 4) is 5.69 Å². The largest absolute Gasteiger partial charge is 0.347 e. The van der Waals surface area contributed by atoms with Crippen LogP contribution in [-0.2, 0) is 6.54 Å². The van der Waals surface area contributed by atoms with Crippen LogP contribution in [-0.4, -0.2) is 44.0 Å². The van der Waals surface area contributed by atoms with Crippen LogP contribution in [0.4, 0.5) is 11.9 Å². The van der Waals surface area contributed by atoms with Crippen molar-refractivity contribution < 1.29 is 4.52 Å². The van der Waals surface area contributed by atoms with Gasteiger partial charge in [-0.15, -0.1) is 0 Å².